The minimum absolute atomic E-state index is 0.0738. The minimum atomic E-state index is -4.51. The molecule has 1 unspecified atom stereocenters. The van der Waals surface area contributed by atoms with Crippen molar-refractivity contribution in [1.29, 1.82) is 0 Å². The Morgan fingerprint density at radius 3 is 2.22 bits per heavy atom. The summed E-state index contributed by atoms with van der Waals surface area (Å²) in [4.78, 5) is 19.8. The molecule has 4 rings (SSSR count). The molecule has 4 nitrogen and oxygen atoms in total. The third-order valence-corrected chi connectivity index (χ3v) is 6.08. The summed E-state index contributed by atoms with van der Waals surface area (Å²) in [6, 6.07) is 5.93. The molecule has 1 amide bonds. The first-order valence-corrected chi connectivity index (χ1v) is 10.2. The van der Waals surface area contributed by atoms with E-state index in [1.54, 1.807) is 11.8 Å². The van der Waals surface area contributed by atoms with E-state index in [4.69, 9.17) is 0 Å². The van der Waals surface area contributed by atoms with Gasteiger partial charge in [-0.3, -0.25) is 9.78 Å². The molecular formula is C22H21F6N3O. The number of aromatic nitrogens is 1. The van der Waals surface area contributed by atoms with Crippen molar-refractivity contribution in [1.82, 2.24) is 9.88 Å². The van der Waals surface area contributed by atoms with Crippen LogP contribution in [0.2, 0.25) is 0 Å². The van der Waals surface area contributed by atoms with Crippen LogP contribution in [0.1, 0.15) is 34.7 Å². The van der Waals surface area contributed by atoms with Gasteiger partial charge in [-0.05, 0) is 48.6 Å². The van der Waals surface area contributed by atoms with Crippen LogP contribution in [-0.2, 0) is 17.1 Å². The predicted octanol–water partition coefficient (Wildman–Crippen LogP) is 4.88. The van der Waals surface area contributed by atoms with E-state index >= 15 is 0 Å². The van der Waals surface area contributed by atoms with E-state index in [0.717, 1.165) is 23.8 Å². The molecule has 32 heavy (non-hydrogen) atoms. The topological polar surface area (TPSA) is 36.4 Å². The van der Waals surface area contributed by atoms with Crippen LogP contribution in [0.15, 0.2) is 36.5 Å². The smallest absolute Gasteiger partial charge is 0.368 e. The lowest BCUT2D eigenvalue weighted by atomic mass is 10.1. The van der Waals surface area contributed by atoms with Gasteiger partial charge < -0.3 is 9.80 Å². The van der Waals surface area contributed by atoms with Gasteiger partial charge >= 0.3 is 12.4 Å². The van der Waals surface area contributed by atoms with Crippen LogP contribution in [0.25, 0.3) is 0 Å². The molecule has 0 bridgehead atoms. The van der Waals surface area contributed by atoms with E-state index in [1.807, 2.05) is 4.90 Å². The normalized spacial score (nSPS) is 21.6. The number of carbonyl (C=O) groups is 1. The van der Waals surface area contributed by atoms with Crippen molar-refractivity contribution in [2.45, 2.75) is 31.6 Å². The Balaban J connectivity index is 1.36. The van der Waals surface area contributed by atoms with Gasteiger partial charge in [0, 0.05) is 44.0 Å². The first-order chi connectivity index (χ1) is 14.9. The zero-order chi connectivity index (χ0) is 23.3. The molecule has 0 N–H and O–H groups in total. The lowest BCUT2D eigenvalue weighted by molar-refractivity contribution is -0.141. The van der Waals surface area contributed by atoms with Crippen LogP contribution >= 0.6 is 0 Å². The SMILES string of the molecule is Cc1ccc(C(F)(F)F)cc1N1CCN(C(=O)C2C[C@@H]2c2ccc(C(F)(F)F)nc2)CC1. The number of hydrogen-bond acceptors (Lipinski definition) is 3. The summed E-state index contributed by atoms with van der Waals surface area (Å²) in [6.07, 6.45) is -7.20. The summed E-state index contributed by atoms with van der Waals surface area (Å²) in [5, 5.41) is 0. The Morgan fingerprint density at radius 1 is 0.969 bits per heavy atom. The number of pyridine rings is 1. The van der Waals surface area contributed by atoms with Crippen molar-refractivity contribution in [2.75, 3.05) is 31.1 Å². The van der Waals surface area contributed by atoms with Gasteiger partial charge in [0.1, 0.15) is 5.69 Å². The summed E-state index contributed by atoms with van der Waals surface area (Å²) < 4.78 is 77.1. The molecule has 1 saturated carbocycles. The molecule has 10 heteroatoms. The van der Waals surface area contributed by atoms with E-state index in [1.165, 1.54) is 18.3 Å². The Morgan fingerprint density at radius 2 is 1.66 bits per heavy atom. The largest absolute Gasteiger partial charge is 0.433 e. The number of alkyl halides is 6. The fourth-order valence-corrected chi connectivity index (χ4v) is 4.16. The van der Waals surface area contributed by atoms with Crippen molar-refractivity contribution < 1.29 is 31.1 Å². The summed E-state index contributed by atoms with van der Waals surface area (Å²) in [5.41, 5.74) is 0.171. The summed E-state index contributed by atoms with van der Waals surface area (Å²) in [7, 11) is 0. The van der Waals surface area contributed by atoms with Gasteiger partial charge in [-0.1, -0.05) is 12.1 Å². The second-order valence-electron chi connectivity index (χ2n) is 8.23. The highest BCUT2D eigenvalue weighted by molar-refractivity contribution is 5.83. The van der Waals surface area contributed by atoms with Crippen molar-refractivity contribution in [3.8, 4) is 0 Å². The summed E-state index contributed by atoms with van der Waals surface area (Å²) in [6.45, 7) is 3.33. The monoisotopic (exact) mass is 457 g/mol. The number of amides is 1. The van der Waals surface area contributed by atoms with Crippen LogP contribution in [0.3, 0.4) is 0 Å². The van der Waals surface area contributed by atoms with Crippen LogP contribution in [-0.4, -0.2) is 42.0 Å². The lowest BCUT2D eigenvalue weighted by Gasteiger charge is -2.37. The number of aryl methyl sites for hydroxylation is 1. The molecule has 1 saturated heterocycles. The van der Waals surface area contributed by atoms with E-state index < -0.39 is 23.6 Å². The number of halogens is 6. The number of benzene rings is 1. The summed E-state index contributed by atoms with van der Waals surface area (Å²) in [5.74, 6) is -0.522. The van der Waals surface area contributed by atoms with E-state index in [0.29, 0.717) is 43.9 Å². The number of nitrogens with zero attached hydrogens (tertiary/aromatic N) is 3. The average Bonchev–Trinajstić information content (AvgIpc) is 3.53. The number of anilines is 1. The lowest BCUT2D eigenvalue weighted by Crippen LogP contribution is -2.49. The van der Waals surface area contributed by atoms with Crippen molar-refractivity contribution in [3.05, 3.63) is 58.9 Å². The van der Waals surface area contributed by atoms with Gasteiger partial charge in [0.2, 0.25) is 5.91 Å². The van der Waals surface area contributed by atoms with Crippen LogP contribution < -0.4 is 4.90 Å². The molecule has 2 aromatic rings. The number of rotatable bonds is 3. The molecular weight excluding hydrogens is 436 g/mol. The van der Waals surface area contributed by atoms with Crippen molar-refractivity contribution in [3.63, 3.8) is 0 Å². The second kappa shape index (κ2) is 7.97. The highest BCUT2D eigenvalue weighted by atomic mass is 19.4. The number of carbonyl (C=O) groups excluding carboxylic acids is 1. The second-order valence-corrected chi connectivity index (χ2v) is 8.23. The first kappa shape index (κ1) is 22.4. The number of hydrogen-bond donors (Lipinski definition) is 0. The van der Waals surface area contributed by atoms with Gasteiger partial charge in [0.15, 0.2) is 0 Å². The molecule has 1 aromatic heterocycles. The van der Waals surface area contributed by atoms with Gasteiger partial charge in [0.25, 0.3) is 0 Å². The highest BCUT2D eigenvalue weighted by Gasteiger charge is 2.46. The van der Waals surface area contributed by atoms with Gasteiger partial charge in [0.05, 0.1) is 5.56 Å². The van der Waals surface area contributed by atoms with E-state index in [9.17, 15) is 31.1 Å². The van der Waals surface area contributed by atoms with Crippen molar-refractivity contribution in [2.24, 2.45) is 5.92 Å². The predicted molar refractivity (Wildman–Crippen MR) is 105 cm³/mol. The molecule has 0 radical (unpaired) electrons. The maximum atomic E-state index is 13.1. The molecule has 2 aliphatic rings. The summed E-state index contributed by atoms with van der Waals surface area (Å²) >= 11 is 0. The minimum Gasteiger partial charge on any atom is -0.368 e. The van der Waals surface area contributed by atoms with Crippen LogP contribution in [0.4, 0.5) is 32.0 Å². The standard InChI is InChI=1S/C22H21F6N3O/c1-13-2-4-15(21(23,24)25)10-18(13)30-6-8-31(9-7-30)20(32)17-11-16(17)14-3-5-19(29-12-14)22(26,27)28/h2-5,10,12,16-17H,6-9,11H2,1H3/t16-,17?/m1/s1. The van der Waals surface area contributed by atoms with Crippen LogP contribution in [0, 0.1) is 12.8 Å². The molecule has 1 aromatic carbocycles. The number of piperazine rings is 1. The Labute approximate surface area is 180 Å². The average molecular weight is 457 g/mol. The highest BCUT2D eigenvalue weighted by Crippen LogP contribution is 2.48. The van der Waals surface area contributed by atoms with Crippen LogP contribution in [0.5, 0.6) is 0 Å². The van der Waals surface area contributed by atoms with E-state index in [2.05, 4.69) is 4.98 Å². The fourth-order valence-electron chi connectivity index (χ4n) is 4.16. The zero-order valence-corrected chi connectivity index (χ0v) is 17.2. The Bertz CT molecular complexity index is 994. The van der Waals surface area contributed by atoms with Crippen molar-refractivity contribution >= 4 is 11.6 Å². The Hall–Kier alpha value is -2.78. The molecule has 2 atom stereocenters. The third-order valence-electron chi connectivity index (χ3n) is 6.08. The van der Waals surface area contributed by atoms with Gasteiger partial charge in [-0.15, -0.1) is 0 Å². The maximum Gasteiger partial charge on any atom is 0.433 e. The zero-order valence-electron chi connectivity index (χ0n) is 17.2. The molecule has 2 fully saturated rings. The maximum absolute atomic E-state index is 13.1. The van der Waals surface area contributed by atoms with E-state index in [-0.39, 0.29) is 17.7 Å². The molecule has 2 heterocycles. The fraction of sp³-hybridized carbons (Fsp3) is 0.455. The third kappa shape index (κ3) is 4.54. The first-order valence-electron chi connectivity index (χ1n) is 10.2. The molecule has 172 valence electrons. The molecule has 1 aliphatic heterocycles. The molecule has 1 aliphatic carbocycles. The molecule has 0 spiro atoms. The van der Waals surface area contributed by atoms with Gasteiger partial charge in [-0.25, -0.2) is 0 Å². The Kier molecular flexibility index (Phi) is 5.58. The quantitative estimate of drug-likeness (QED) is 0.617. The van der Waals surface area contributed by atoms with Gasteiger partial charge in [-0.2, -0.15) is 26.3 Å².